The van der Waals surface area contributed by atoms with E-state index in [4.69, 9.17) is 9.68 Å². The lowest BCUT2D eigenvalue weighted by Gasteiger charge is -2.23. The van der Waals surface area contributed by atoms with Gasteiger partial charge in [-0.05, 0) is 32.0 Å². The third-order valence-electron chi connectivity index (χ3n) is 2.98. The summed E-state index contributed by atoms with van der Waals surface area (Å²) in [5.74, 6) is 0.327. The number of rotatable bonds is 2. The van der Waals surface area contributed by atoms with Crippen molar-refractivity contribution in [2.75, 3.05) is 11.9 Å². The smallest absolute Gasteiger partial charge is 0.246 e. The van der Waals surface area contributed by atoms with Crippen LogP contribution < -0.4 is 4.90 Å². The van der Waals surface area contributed by atoms with Gasteiger partial charge in [-0.1, -0.05) is 0 Å². The van der Waals surface area contributed by atoms with E-state index in [0.29, 0.717) is 22.7 Å². The number of aryl methyl sites for hydroxylation is 1. The molecule has 19 heavy (non-hydrogen) atoms. The monoisotopic (exact) mass is 257 g/mol. The molecule has 1 heterocycles. The second-order valence-electron chi connectivity index (χ2n) is 4.99. The largest absolute Gasteiger partial charge is 0.441 e. The number of aromatic nitrogens is 1. The molecule has 0 fully saturated rings. The van der Waals surface area contributed by atoms with E-state index < -0.39 is 5.41 Å². The van der Waals surface area contributed by atoms with Crippen LogP contribution in [0, 0.1) is 23.7 Å². The molecule has 0 saturated heterocycles. The summed E-state index contributed by atoms with van der Waals surface area (Å²) < 4.78 is 5.38. The molecule has 0 aliphatic heterocycles. The summed E-state index contributed by atoms with van der Waals surface area (Å²) in [7, 11) is 1.65. The standard InChI is InChI=1S/C14H15N3O2/c1-9-16-11-7-10(5-6-12(11)19-9)17(4)13(18)14(2,3)8-15/h5-7H,1-4H3. The quantitative estimate of drug-likeness (QED) is 0.829. The Morgan fingerprint density at radius 3 is 2.79 bits per heavy atom. The van der Waals surface area contributed by atoms with Gasteiger partial charge in [-0.15, -0.1) is 0 Å². The van der Waals surface area contributed by atoms with Gasteiger partial charge < -0.3 is 9.32 Å². The molecule has 0 saturated carbocycles. The van der Waals surface area contributed by atoms with Crippen LogP contribution >= 0.6 is 0 Å². The van der Waals surface area contributed by atoms with Crippen LogP contribution in [0.1, 0.15) is 19.7 Å². The van der Waals surface area contributed by atoms with Crippen molar-refractivity contribution < 1.29 is 9.21 Å². The molecule has 1 amide bonds. The van der Waals surface area contributed by atoms with Crippen LogP contribution in [0.15, 0.2) is 22.6 Å². The summed E-state index contributed by atoms with van der Waals surface area (Å²) in [6, 6.07) is 7.33. The Morgan fingerprint density at radius 2 is 2.16 bits per heavy atom. The van der Waals surface area contributed by atoms with Gasteiger partial charge in [-0.2, -0.15) is 5.26 Å². The van der Waals surface area contributed by atoms with Crippen LogP contribution in [0.25, 0.3) is 11.1 Å². The zero-order valence-corrected chi connectivity index (χ0v) is 11.4. The number of fused-ring (bicyclic) bond motifs is 1. The molecule has 0 N–H and O–H groups in total. The van der Waals surface area contributed by atoms with Gasteiger partial charge in [0.25, 0.3) is 0 Å². The Morgan fingerprint density at radius 1 is 1.47 bits per heavy atom. The van der Waals surface area contributed by atoms with Crippen molar-refractivity contribution in [3.8, 4) is 6.07 Å². The van der Waals surface area contributed by atoms with Gasteiger partial charge in [0.1, 0.15) is 10.9 Å². The van der Waals surface area contributed by atoms with Gasteiger partial charge in [0.2, 0.25) is 5.91 Å². The Bertz CT molecular complexity index is 680. The highest BCUT2D eigenvalue weighted by Crippen LogP contribution is 2.25. The van der Waals surface area contributed by atoms with E-state index >= 15 is 0 Å². The molecule has 0 unspecified atom stereocenters. The first kappa shape index (κ1) is 13.1. The SMILES string of the molecule is Cc1nc2cc(N(C)C(=O)C(C)(C)C#N)ccc2o1. The van der Waals surface area contributed by atoms with E-state index in [1.165, 1.54) is 4.90 Å². The van der Waals surface area contributed by atoms with E-state index in [1.807, 2.05) is 6.07 Å². The molecule has 0 radical (unpaired) electrons. The molecule has 98 valence electrons. The first-order chi connectivity index (χ1) is 8.85. The topological polar surface area (TPSA) is 70.1 Å². The van der Waals surface area contributed by atoms with Gasteiger partial charge in [0.15, 0.2) is 11.5 Å². The normalized spacial score (nSPS) is 11.3. The van der Waals surface area contributed by atoms with Crippen LogP contribution in [-0.2, 0) is 4.79 Å². The van der Waals surface area contributed by atoms with Gasteiger partial charge in [-0.3, -0.25) is 4.79 Å². The second kappa shape index (κ2) is 4.39. The van der Waals surface area contributed by atoms with Gasteiger partial charge >= 0.3 is 0 Å². The molecule has 0 spiro atoms. The molecule has 5 heteroatoms. The van der Waals surface area contributed by atoms with Crippen molar-refractivity contribution in [1.29, 1.82) is 5.26 Å². The summed E-state index contributed by atoms with van der Waals surface area (Å²) in [4.78, 5) is 17.9. The van der Waals surface area contributed by atoms with Gasteiger partial charge in [-0.25, -0.2) is 4.98 Å². The molecule has 2 rings (SSSR count). The minimum atomic E-state index is -1.05. The Labute approximate surface area is 111 Å². The highest BCUT2D eigenvalue weighted by molar-refractivity contribution is 5.99. The third-order valence-corrected chi connectivity index (χ3v) is 2.98. The van der Waals surface area contributed by atoms with Crippen molar-refractivity contribution in [3.05, 3.63) is 24.1 Å². The number of hydrogen-bond donors (Lipinski definition) is 0. The molecule has 0 atom stereocenters. The van der Waals surface area contributed by atoms with Gasteiger partial charge in [0, 0.05) is 19.7 Å². The van der Waals surface area contributed by atoms with E-state index in [2.05, 4.69) is 4.98 Å². The lowest BCUT2D eigenvalue weighted by atomic mass is 9.94. The molecule has 0 aliphatic carbocycles. The summed E-state index contributed by atoms with van der Waals surface area (Å²) in [5, 5.41) is 9.01. The molecule has 2 aromatic rings. The van der Waals surface area contributed by atoms with Crippen LogP contribution in [-0.4, -0.2) is 17.9 Å². The number of carbonyl (C=O) groups is 1. The fourth-order valence-corrected chi connectivity index (χ4v) is 1.82. The zero-order chi connectivity index (χ0) is 14.2. The molecule has 0 aliphatic rings. The molecule has 1 aromatic carbocycles. The van der Waals surface area contributed by atoms with Crippen molar-refractivity contribution in [2.24, 2.45) is 5.41 Å². The number of amides is 1. The third kappa shape index (κ3) is 2.29. The second-order valence-corrected chi connectivity index (χ2v) is 4.99. The summed E-state index contributed by atoms with van der Waals surface area (Å²) in [6.07, 6.45) is 0. The van der Waals surface area contributed by atoms with E-state index in [-0.39, 0.29) is 5.91 Å². The Balaban J connectivity index is 2.39. The van der Waals surface area contributed by atoms with Gasteiger partial charge in [0.05, 0.1) is 6.07 Å². The molecular weight excluding hydrogens is 242 g/mol. The molecular formula is C14H15N3O2. The average Bonchev–Trinajstić information content (AvgIpc) is 2.75. The van der Waals surface area contributed by atoms with E-state index in [9.17, 15) is 4.79 Å². The maximum atomic E-state index is 12.2. The lowest BCUT2D eigenvalue weighted by molar-refractivity contribution is -0.123. The fourth-order valence-electron chi connectivity index (χ4n) is 1.82. The van der Waals surface area contributed by atoms with E-state index in [1.54, 1.807) is 46.0 Å². The van der Waals surface area contributed by atoms with Crippen LogP contribution in [0.2, 0.25) is 0 Å². The first-order valence-corrected chi connectivity index (χ1v) is 5.92. The van der Waals surface area contributed by atoms with Crippen molar-refractivity contribution in [2.45, 2.75) is 20.8 Å². The maximum Gasteiger partial charge on any atom is 0.246 e. The van der Waals surface area contributed by atoms with Crippen molar-refractivity contribution in [1.82, 2.24) is 4.98 Å². The number of nitriles is 1. The van der Waals surface area contributed by atoms with E-state index in [0.717, 1.165) is 0 Å². The first-order valence-electron chi connectivity index (χ1n) is 5.92. The molecule has 1 aromatic heterocycles. The van der Waals surface area contributed by atoms with Crippen LogP contribution in [0.4, 0.5) is 5.69 Å². The number of benzene rings is 1. The predicted octanol–water partition coefficient (Wildman–Crippen LogP) is 2.65. The molecule has 5 nitrogen and oxygen atoms in total. The summed E-state index contributed by atoms with van der Waals surface area (Å²) in [6.45, 7) is 4.97. The number of hydrogen-bond acceptors (Lipinski definition) is 4. The van der Waals surface area contributed by atoms with Crippen LogP contribution in [0.3, 0.4) is 0 Å². The zero-order valence-electron chi connectivity index (χ0n) is 11.4. The lowest BCUT2D eigenvalue weighted by Crippen LogP contribution is -2.37. The number of oxazole rings is 1. The number of nitrogens with zero attached hydrogens (tertiary/aromatic N) is 3. The Hall–Kier alpha value is -2.35. The minimum Gasteiger partial charge on any atom is -0.441 e. The van der Waals surface area contributed by atoms with Crippen molar-refractivity contribution >= 4 is 22.7 Å². The number of anilines is 1. The summed E-state index contributed by atoms with van der Waals surface area (Å²) >= 11 is 0. The summed E-state index contributed by atoms with van der Waals surface area (Å²) in [5.41, 5.74) is 1.02. The Kier molecular flexibility index (Phi) is 3.03. The maximum absolute atomic E-state index is 12.2. The van der Waals surface area contributed by atoms with Crippen molar-refractivity contribution in [3.63, 3.8) is 0 Å². The highest BCUT2D eigenvalue weighted by Gasteiger charge is 2.31. The predicted molar refractivity (Wildman–Crippen MR) is 71.6 cm³/mol. The number of carbonyl (C=O) groups excluding carboxylic acids is 1. The average molecular weight is 257 g/mol. The van der Waals surface area contributed by atoms with Crippen LogP contribution in [0.5, 0.6) is 0 Å². The highest BCUT2D eigenvalue weighted by atomic mass is 16.3. The fraction of sp³-hybridized carbons (Fsp3) is 0.357. The molecule has 0 bridgehead atoms. The minimum absolute atomic E-state index is 0.255.